The van der Waals surface area contributed by atoms with E-state index in [0.29, 0.717) is 22.8 Å². The predicted molar refractivity (Wildman–Crippen MR) is 97.3 cm³/mol. The summed E-state index contributed by atoms with van der Waals surface area (Å²) in [6.45, 7) is -0.183. The molecule has 3 rings (SSSR count). The molecule has 0 aliphatic rings. The molecule has 2 heterocycles. The summed E-state index contributed by atoms with van der Waals surface area (Å²) < 4.78 is 10.1. The Morgan fingerprint density at radius 1 is 1.12 bits per heavy atom. The summed E-state index contributed by atoms with van der Waals surface area (Å²) in [5.41, 5.74) is 1.58. The van der Waals surface area contributed by atoms with Crippen molar-refractivity contribution < 1.29 is 19.1 Å². The van der Waals surface area contributed by atoms with Crippen LogP contribution in [-0.4, -0.2) is 35.6 Å². The largest absolute Gasteiger partial charge is 0.484 e. The molecule has 0 spiro atoms. The molecule has 0 saturated heterocycles. The predicted octanol–water partition coefficient (Wildman–Crippen LogP) is 3.01. The highest BCUT2D eigenvalue weighted by molar-refractivity contribution is 7.08. The lowest BCUT2D eigenvalue weighted by Gasteiger charge is -2.08. The van der Waals surface area contributed by atoms with E-state index in [-0.39, 0.29) is 12.5 Å². The Kier molecular flexibility index (Phi) is 5.55. The minimum absolute atomic E-state index is 0.183. The summed E-state index contributed by atoms with van der Waals surface area (Å²) in [5, 5.41) is 5.92. The molecule has 0 aliphatic heterocycles. The first-order chi connectivity index (χ1) is 12.7. The maximum Gasteiger partial charge on any atom is 0.340 e. The number of nitrogens with zero attached hydrogens (tertiary/aromatic N) is 2. The molecular formula is C18H15N3O4S. The number of rotatable bonds is 6. The number of methoxy groups -OCH3 is 1. The van der Waals surface area contributed by atoms with E-state index in [1.165, 1.54) is 18.4 Å². The van der Waals surface area contributed by atoms with E-state index in [9.17, 15) is 9.59 Å². The molecule has 26 heavy (non-hydrogen) atoms. The highest BCUT2D eigenvalue weighted by Gasteiger charge is 2.15. The van der Waals surface area contributed by atoms with Crippen LogP contribution >= 0.6 is 11.3 Å². The van der Waals surface area contributed by atoms with Crippen LogP contribution in [0.15, 0.2) is 53.5 Å². The van der Waals surface area contributed by atoms with Gasteiger partial charge in [0.05, 0.1) is 18.4 Å². The van der Waals surface area contributed by atoms with Crippen LogP contribution in [0.4, 0.5) is 5.69 Å². The summed E-state index contributed by atoms with van der Waals surface area (Å²) in [6.07, 6.45) is 3.34. The van der Waals surface area contributed by atoms with Gasteiger partial charge in [-0.2, -0.15) is 0 Å². The fraction of sp³-hybridized carbons (Fsp3) is 0.111. The van der Waals surface area contributed by atoms with Crippen molar-refractivity contribution in [2.45, 2.75) is 0 Å². The zero-order chi connectivity index (χ0) is 18.4. The van der Waals surface area contributed by atoms with Crippen LogP contribution < -0.4 is 10.1 Å². The van der Waals surface area contributed by atoms with Gasteiger partial charge in [-0.15, -0.1) is 11.3 Å². The molecular weight excluding hydrogens is 354 g/mol. The van der Waals surface area contributed by atoms with Crippen molar-refractivity contribution in [2.75, 3.05) is 19.0 Å². The third-order valence-corrected chi connectivity index (χ3v) is 4.13. The van der Waals surface area contributed by atoms with E-state index in [0.717, 1.165) is 5.56 Å². The van der Waals surface area contributed by atoms with Gasteiger partial charge in [0.1, 0.15) is 5.75 Å². The third-order valence-electron chi connectivity index (χ3n) is 3.39. The van der Waals surface area contributed by atoms with E-state index < -0.39 is 5.97 Å². The third kappa shape index (κ3) is 4.22. The summed E-state index contributed by atoms with van der Waals surface area (Å²) in [6, 6.07) is 8.86. The van der Waals surface area contributed by atoms with Gasteiger partial charge in [-0.1, -0.05) is 0 Å². The van der Waals surface area contributed by atoms with Gasteiger partial charge in [0, 0.05) is 28.7 Å². The molecule has 0 bridgehead atoms. The Bertz CT molecular complexity index is 894. The monoisotopic (exact) mass is 369 g/mol. The lowest BCUT2D eigenvalue weighted by molar-refractivity contribution is -0.118. The van der Waals surface area contributed by atoms with Gasteiger partial charge in [-0.05, 0) is 30.3 Å². The van der Waals surface area contributed by atoms with Crippen molar-refractivity contribution >= 4 is 28.9 Å². The van der Waals surface area contributed by atoms with E-state index in [1.807, 2.05) is 12.1 Å². The molecule has 3 aromatic rings. The van der Waals surface area contributed by atoms with E-state index in [2.05, 4.69) is 20.0 Å². The highest BCUT2D eigenvalue weighted by atomic mass is 32.1. The molecule has 0 atom stereocenters. The first kappa shape index (κ1) is 17.6. The fourth-order valence-electron chi connectivity index (χ4n) is 2.15. The molecule has 132 valence electrons. The van der Waals surface area contributed by atoms with Gasteiger partial charge in [0.15, 0.2) is 12.4 Å². The van der Waals surface area contributed by atoms with E-state index in [1.54, 1.807) is 41.4 Å². The van der Waals surface area contributed by atoms with Crippen molar-refractivity contribution in [1.82, 2.24) is 9.97 Å². The SMILES string of the molecule is COC(=O)c1cscc1NC(=O)COc1ccc(-c2ncccn2)cc1. The maximum absolute atomic E-state index is 12.0. The number of nitrogens with one attached hydrogen (secondary N) is 1. The molecule has 8 heteroatoms. The summed E-state index contributed by atoms with van der Waals surface area (Å²) in [4.78, 5) is 32.0. The van der Waals surface area contributed by atoms with Crippen molar-refractivity contribution in [1.29, 1.82) is 0 Å². The zero-order valence-corrected chi connectivity index (χ0v) is 14.7. The van der Waals surface area contributed by atoms with Gasteiger partial charge in [-0.25, -0.2) is 14.8 Å². The molecule has 1 aromatic carbocycles. The summed E-state index contributed by atoms with van der Waals surface area (Å²) in [7, 11) is 1.29. The number of carbonyl (C=O) groups excluding carboxylic acids is 2. The maximum atomic E-state index is 12.0. The van der Waals surface area contributed by atoms with Crippen LogP contribution in [0.3, 0.4) is 0 Å². The van der Waals surface area contributed by atoms with Gasteiger partial charge >= 0.3 is 5.97 Å². The van der Waals surface area contributed by atoms with Crippen molar-refractivity contribution in [3.8, 4) is 17.1 Å². The number of hydrogen-bond acceptors (Lipinski definition) is 7. The normalized spacial score (nSPS) is 10.2. The number of amides is 1. The average Bonchev–Trinajstić information content (AvgIpc) is 3.15. The quantitative estimate of drug-likeness (QED) is 0.672. The number of carbonyl (C=O) groups is 2. The zero-order valence-electron chi connectivity index (χ0n) is 13.8. The Hall–Kier alpha value is -3.26. The van der Waals surface area contributed by atoms with Crippen LogP contribution in [0.1, 0.15) is 10.4 Å². The Labute approximate surface area is 153 Å². The summed E-state index contributed by atoms with van der Waals surface area (Å²) in [5.74, 6) is 0.285. The van der Waals surface area contributed by atoms with Crippen LogP contribution in [0.25, 0.3) is 11.4 Å². The molecule has 0 unspecified atom stereocenters. The van der Waals surface area contributed by atoms with Crippen molar-refractivity contribution in [3.63, 3.8) is 0 Å². The van der Waals surface area contributed by atoms with E-state index in [4.69, 9.17) is 4.74 Å². The molecule has 1 N–H and O–H groups in total. The molecule has 1 amide bonds. The minimum atomic E-state index is -0.499. The number of ether oxygens (including phenoxy) is 2. The molecule has 2 aromatic heterocycles. The number of anilines is 1. The fourth-order valence-corrected chi connectivity index (χ4v) is 2.89. The van der Waals surface area contributed by atoms with Gasteiger partial charge in [-0.3, -0.25) is 4.79 Å². The topological polar surface area (TPSA) is 90.4 Å². The number of benzene rings is 1. The van der Waals surface area contributed by atoms with Crippen LogP contribution in [0.2, 0.25) is 0 Å². The molecule has 0 fully saturated rings. The second-order valence-corrected chi connectivity index (χ2v) is 5.87. The van der Waals surface area contributed by atoms with Crippen LogP contribution in [0.5, 0.6) is 5.75 Å². The average molecular weight is 369 g/mol. The Morgan fingerprint density at radius 3 is 2.54 bits per heavy atom. The second kappa shape index (κ2) is 8.21. The van der Waals surface area contributed by atoms with Gasteiger partial charge in [0.25, 0.3) is 5.91 Å². The van der Waals surface area contributed by atoms with Crippen molar-refractivity contribution in [2.24, 2.45) is 0 Å². The standard InChI is InChI=1S/C18H15N3O4S/c1-24-18(23)14-10-26-11-15(14)21-16(22)9-25-13-5-3-12(4-6-13)17-19-7-2-8-20-17/h2-8,10-11H,9H2,1H3,(H,21,22). The number of esters is 1. The van der Waals surface area contributed by atoms with Crippen molar-refractivity contribution in [3.05, 3.63) is 59.0 Å². The first-order valence-corrected chi connectivity index (χ1v) is 8.56. The smallest absolute Gasteiger partial charge is 0.340 e. The van der Waals surface area contributed by atoms with Crippen LogP contribution in [0, 0.1) is 0 Å². The minimum Gasteiger partial charge on any atom is -0.484 e. The first-order valence-electron chi connectivity index (χ1n) is 7.62. The number of hydrogen-bond donors (Lipinski definition) is 1. The van der Waals surface area contributed by atoms with Crippen LogP contribution in [-0.2, 0) is 9.53 Å². The Balaban J connectivity index is 1.57. The molecule has 0 radical (unpaired) electrons. The lowest BCUT2D eigenvalue weighted by atomic mass is 10.2. The van der Waals surface area contributed by atoms with E-state index >= 15 is 0 Å². The molecule has 7 nitrogen and oxygen atoms in total. The Morgan fingerprint density at radius 2 is 1.85 bits per heavy atom. The highest BCUT2D eigenvalue weighted by Crippen LogP contribution is 2.22. The second-order valence-electron chi connectivity index (χ2n) is 5.12. The number of thiophene rings is 1. The summed E-state index contributed by atoms with van der Waals surface area (Å²) >= 11 is 1.30. The van der Waals surface area contributed by atoms with Gasteiger partial charge in [0.2, 0.25) is 0 Å². The lowest BCUT2D eigenvalue weighted by Crippen LogP contribution is -2.21. The molecule has 0 saturated carbocycles. The van der Waals surface area contributed by atoms with Gasteiger partial charge < -0.3 is 14.8 Å². The molecule has 0 aliphatic carbocycles. The number of aromatic nitrogens is 2.